The van der Waals surface area contributed by atoms with E-state index in [1.807, 2.05) is 0 Å². The van der Waals surface area contributed by atoms with Crippen LogP contribution in [0.1, 0.15) is 13.3 Å². The second-order valence-corrected chi connectivity index (χ2v) is 3.75. The summed E-state index contributed by atoms with van der Waals surface area (Å²) in [4.78, 5) is 23.8. The second-order valence-electron chi connectivity index (χ2n) is 3.75. The van der Waals surface area contributed by atoms with E-state index in [-0.39, 0.29) is 5.91 Å². The molecule has 1 atom stereocenters. The van der Waals surface area contributed by atoms with Crippen LogP contribution >= 0.6 is 0 Å². The molecule has 1 rings (SSSR count). The predicted octanol–water partition coefficient (Wildman–Crippen LogP) is -1.13. The Balaban J connectivity index is 2.23. The third-order valence-electron chi connectivity index (χ3n) is 2.53. The van der Waals surface area contributed by atoms with Gasteiger partial charge in [0.05, 0.1) is 0 Å². The van der Waals surface area contributed by atoms with Crippen LogP contribution in [0.15, 0.2) is 0 Å². The number of primary amides is 1. The molecule has 1 fully saturated rings. The maximum absolute atomic E-state index is 11.1. The van der Waals surface area contributed by atoms with Crippen LogP contribution in [-0.4, -0.2) is 49.1 Å². The minimum absolute atomic E-state index is 0.312. The van der Waals surface area contributed by atoms with Gasteiger partial charge in [-0.05, 0) is 6.92 Å². The molecular formula is C9H18N4O2. The molecule has 6 heteroatoms. The van der Waals surface area contributed by atoms with Gasteiger partial charge in [0.1, 0.15) is 0 Å². The van der Waals surface area contributed by atoms with Gasteiger partial charge in [-0.2, -0.15) is 0 Å². The van der Waals surface area contributed by atoms with Gasteiger partial charge in [0.15, 0.2) is 0 Å². The highest BCUT2D eigenvalue weighted by Gasteiger charge is 2.18. The summed E-state index contributed by atoms with van der Waals surface area (Å²) in [7, 11) is 0. The van der Waals surface area contributed by atoms with Crippen molar-refractivity contribution >= 4 is 11.9 Å². The summed E-state index contributed by atoms with van der Waals surface area (Å²) in [6.45, 7) is 5.60. The summed E-state index contributed by atoms with van der Waals surface area (Å²) in [5.41, 5.74) is 4.83. The average Bonchev–Trinajstić information content (AvgIpc) is 2.15. The maximum atomic E-state index is 11.1. The van der Waals surface area contributed by atoms with Crippen LogP contribution in [-0.2, 0) is 4.79 Å². The summed E-state index contributed by atoms with van der Waals surface area (Å²) in [6.07, 6.45) is 0.313. The first-order chi connectivity index (χ1) is 7.09. The van der Waals surface area contributed by atoms with Crippen molar-refractivity contribution in [2.24, 2.45) is 5.73 Å². The molecule has 0 bridgehead atoms. The molecule has 15 heavy (non-hydrogen) atoms. The summed E-state index contributed by atoms with van der Waals surface area (Å²) in [6, 6.07) is -0.353. The van der Waals surface area contributed by atoms with Gasteiger partial charge in [0, 0.05) is 38.6 Å². The molecule has 4 N–H and O–H groups in total. The number of nitrogens with two attached hydrogens (primary N) is 1. The van der Waals surface area contributed by atoms with Gasteiger partial charge in [-0.3, -0.25) is 15.0 Å². The molecule has 0 aromatic carbocycles. The normalized spacial score (nSPS) is 22.3. The molecule has 0 aliphatic carbocycles. The minimum Gasteiger partial charge on any atom is -0.351 e. The van der Waals surface area contributed by atoms with Crippen molar-refractivity contribution in [3.63, 3.8) is 0 Å². The van der Waals surface area contributed by atoms with Gasteiger partial charge in [-0.15, -0.1) is 0 Å². The highest BCUT2D eigenvalue weighted by atomic mass is 16.2. The fourth-order valence-electron chi connectivity index (χ4n) is 1.66. The van der Waals surface area contributed by atoms with Crippen LogP contribution in [0.25, 0.3) is 0 Å². The zero-order chi connectivity index (χ0) is 11.3. The molecule has 1 heterocycles. The third kappa shape index (κ3) is 4.26. The Morgan fingerprint density at radius 1 is 1.60 bits per heavy atom. The Kier molecular flexibility index (Phi) is 4.51. The molecular weight excluding hydrogens is 196 g/mol. The highest BCUT2D eigenvalue weighted by molar-refractivity contribution is 5.93. The Morgan fingerprint density at radius 3 is 2.93 bits per heavy atom. The summed E-state index contributed by atoms with van der Waals surface area (Å²) in [5.74, 6) is -0.312. The van der Waals surface area contributed by atoms with Crippen LogP contribution in [0.4, 0.5) is 4.79 Å². The van der Waals surface area contributed by atoms with E-state index < -0.39 is 6.03 Å². The molecule has 6 nitrogen and oxygen atoms in total. The summed E-state index contributed by atoms with van der Waals surface area (Å²) < 4.78 is 0. The van der Waals surface area contributed by atoms with Crippen molar-refractivity contribution in [3.8, 4) is 0 Å². The first-order valence-electron chi connectivity index (χ1n) is 5.13. The molecule has 0 unspecified atom stereocenters. The number of nitrogens with one attached hydrogen (secondary N) is 2. The van der Waals surface area contributed by atoms with Gasteiger partial charge >= 0.3 is 6.03 Å². The number of nitrogens with zero attached hydrogens (tertiary/aromatic N) is 1. The first-order valence-corrected chi connectivity index (χ1v) is 5.13. The number of carbonyl (C=O) groups excluding carboxylic acids is 2. The number of piperazine rings is 1. The number of imide groups is 1. The van der Waals surface area contributed by atoms with Crippen LogP contribution in [0.5, 0.6) is 0 Å². The molecule has 3 amide bonds. The minimum atomic E-state index is -0.784. The Bertz CT molecular complexity index is 244. The third-order valence-corrected chi connectivity index (χ3v) is 2.53. The SMILES string of the molecule is C[C@@H]1CNCCN1CCC(=O)NC(N)=O. The van der Waals surface area contributed by atoms with Crippen molar-refractivity contribution in [3.05, 3.63) is 0 Å². The molecule has 0 radical (unpaired) electrons. The lowest BCUT2D eigenvalue weighted by atomic mass is 10.2. The molecule has 0 aromatic heterocycles. The molecule has 0 spiro atoms. The molecule has 0 saturated carbocycles. The lowest BCUT2D eigenvalue weighted by Crippen LogP contribution is -2.50. The van der Waals surface area contributed by atoms with Crippen LogP contribution < -0.4 is 16.4 Å². The van der Waals surface area contributed by atoms with Gasteiger partial charge in [-0.1, -0.05) is 0 Å². The van der Waals surface area contributed by atoms with Gasteiger partial charge in [0.2, 0.25) is 5.91 Å². The topological polar surface area (TPSA) is 87.5 Å². The lowest BCUT2D eigenvalue weighted by molar-refractivity contribution is -0.120. The van der Waals surface area contributed by atoms with Gasteiger partial charge in [0.25, 0.3) is 0 Å². The second kappa shape index (κ2) is 5.67. The van der Waals surface area contributed by atoms with E-state index in [1.165, 1.54) is 0 Å². The van der Waals surface area contributed by atoms with E-state index >= 15 is 0 Å². The predicted molar refractivity (Wildman–Crippen MR) is 56.2 cm³/mol. The van der Waals surface area contributed by atoms with Crippen LogP contribution in [0.3, 0.4) is 0 Å². The Labute approximate surface area is 89.2 Å². The maximum Gasteiger partial charge on any atom is 0.318 e. The van der Waals surface area contributed by atoms with Crippen LogP contribution in [0, 0.1) is 0 Å². The Morgan fingerprint density at radius 2 is 2.33 bits per heavy atom. The van der Waals surface area contributed by atoms with Crippen molar-refractivity contribution in [1.82, 2.24) is 15.5 Å². The number of hydrogen-bond donors (Lipinski definition) is 3. The molecule has 1 aliphatic heterocycles. The van der Waals surface area contributed by atoms with E-state index in [0.29, 0.717) is 19.0 Å². The van der Waals surface area contributed by atoms with E-state index in [0.717, 1.165) is 19.6 Å². The van der Waals surface area contributed by atoms with E-state index in [4.69, 9.17) is 5.73 Å². The van der Waals surface area contributed by atoms with Gasteiger partial charge < -0.3 is 11.1 Å². The van der Waals surface area contributed by atoms with Crippen molar-refractivity contribution < 1.29 is 9.59 Å². The van der Waals surface area contributed by atoms with E-state index in [2.05, 4.69) is 22.5 Å². The fraction of sp³-hybridized carbons (Fsp3) is 0.778. The largest absolute Gasteiger partial charge is 0.351 e. The first kappa shape index (κ1) is 11.9. The number of carbonyl (C=O) groups is 2. The smallest absolute Gasteiger partial charge is 0.318 e. The highest BCUT2D eigenvalue weighted by Crippen LogP contribution is 2.02. The van der Waals surface area contributed by atoms with Crippen molar-refractivity contribution in [2.45, 2.75) is 19.4 Å². The number of amides is 3. The summed E-state index contributed by atoms with van der Waals surface area (Å²) >= 11 is 0. The quantitative estimate of drug-likeness (QED) is 0.554. The number of hydrogen-bond acceptors (Lipinski definition) is 4. The molecule has 0 aromatic rings. The monoisotopic (exact) mass is 214 g/mol. The van der Waals surface area contributed by atoms with Gasteiger partial charge in [-0.25, -0.2) is 4.79 Å². The molecule has 1 saturated heterocycles. The molecule has 86 valence electrons. The molecule has 1 aliphatic rings. The van der Waals surface area contributed by atoms with Crippen molar-refractivity contribution in [2.75, 3.05) is 26.2 Å². The average molecular weight is 214 g/mol. The zero-order valence-corrected chi connectivity index (χ0v) is 8.95. The number of rotatable bonds is 3. The number of urea groups is 1. The van der Waals surface area contributed by atoms with Crippen LogP contribution in [0.2, 0.25) is 0 Å². The van der Waals surface area contributed by atoms with E-state index in [9.17, 15) is 9.59 Å². The zero-order valence-electron chi connectivity index (χ0n) is 8.95. The summed E-state index contributed by atoms with van der Waals surface area (Å²) in [5, 5.41) is 5.32. The Hall–Kier alpha value is -1.14. The fourth-order valence-corrected chi connectivity index (χ4v) is 1.66. The van der Waals surface area contributed by atoms with Crippen molar-refractivity contribution in [1.29, 1.82) is 0 Å². The standard InChI is InChI=1S/C9H18N4O2/c1-7-6-11-3-5-13(7)4-2-8(14)12-9(10)15/h7,11H,2-6H2,1H3,(H3,10,12,14,15)/t7-/m1/s1. The lowest BCUT2D eigenvalue weighted by Gasteiger charge is -2.33. The van der Waals surface area contributed by atoms with E-state index in [1.54, 1.807) is 0 Å².